The molecule has 0 saturated carbocycles. The molecule has 0 aliphatic carbocycles. The minimum atomic E-state index is -0.661. The van der Waals surface area contributed by atoms with E-state index in [1.165, 1.54) is 6.07 Å². The Bertz CT molecular complexity index is 886. The Balaban J connectivity index is 1.68. The lowest BCUT2D eigenvalue weighted by Crippen LogP contribution is -2.43. The minimum absolute atomic E-state index is 0.168. The van der Waals surface area contributed by atoms with Gasteiger partial charge in [0.15, 0.2) is 6.10 Å². The smallest absolute Gasteiger partial charge is 0.336 e. The fraction of sp³-hybridized carbons (Fsp3) is 0.524. The molecule has 1 atom stereocenters. The van der Waals surface area contributed by atoms with Crippen molar-refractivity contribution in [2.24, 2.45) is 0 Å². The summed E-state index contributed by atoms with van der Waals surface area (Å²) in [5.41, 5.74) is 1.86. The third kappa shape index (κ3) is 4.91. The average Bonchev–Trinajstić information content (AvgIpc) is 2.67. The maximum atomic E-state index is 12.5. The number of fused-ring (bicyclic) bond motifs is 1. The molecule has 0 radical (unpaired) electrons. The first-order valence-corrected chi connectivity index (χ1v) is 9.79. The number of hydrogen-bond acceptors (Lipinski definition) is 6. The highest BCUT2D eigenvalue weighted by molar-refractivity contribution is 5.88. The van der Waals surface area contributed by atoms with Crippen LogP contribution >= 0.6 is 0 Å². The SMILES string of the molecule is CCc1cc(=O)oc2cc(C)cc(O[C@H](C)C(=O)NCCN3CCOCC3)c12. The van der Waals surface area contributed by atoms with Crippen LogP contribution in [-0.2, 0) is 16.0 Å². The van der Waals surface area contributed by atoms with Crippen LogP contribution < -0.4 is 15.7 Å². The van der Waals surface area contributed by atoms with Gasteiger partial charge in [-0.1, -0.05) is 6.92 Å². The standard InChI is InChI=1S/C21H28N2O5/c1-4-16-13-19(24)28-18-12-14(2)11-17(20(16)18)27-15(3)21(25)22-5-6-23-7-9-26-10-8-23/h11-13,15H,4-10H2,1-3H3,(H,22,25)/t15-/m1/s1. The molecule has 1 saturated heterocycles. The molecular formula is C21H28N2O5. The summed E-state index contributed by atoms with van der Waals surface area (Å²) in [6, 6.07) is 5.17. The summed E-state index contributed by atoms with van der Waals surface area (Å²) in [6.07, 6.45) is 0.00749. The summed E-state index contributed by atoms with van der Waals surface area (Å²) in [5.74, 6) is 0.393. The number of amides is 1. The van der Waals surface area contributed by atoms with E-state index in [0.717, 1.165) is 49.4 Å². The highest BCUT2D eigenvalue weighted by Gasteiger charge is 2.19. The summed E-state index contributed by atoms with van der Waals surface area (Å²) < 4.78 is 16.7. The van der Waals surface area contributed by atoms with Gasteiger partial charge in [0.25, 0.3) is 5.91 Å². The van der Waals surface area contributed by atoms with E-state index < -0.39 is 6.10 Å². The molecule has 0 spiro atoms. The van der Waals surface area contributed by atoms with Gasteiger partial charge in [-0.3, -0.25) is 9.69 Å². The molecule has 1 fully saturated rings. The second-order valence-electron chi connectivity index (χ2n) is 7.09. The molecule has 7 heteroatoms. The number of nitrogens with zero attached hydrogens (tertiary/aromatic N) is 1. The predicted octanol–water partition coefficient (Wildman–Crippen LogP) is 1.88. The molecule has 0 unspecified atom stereocenters. The summed E-state index contributed by atoms with van der Waals surface area (Å²) in [4.78, 5) is 26.5. The Labute approximate surface area is 164 Å². The van der Waals surface area contributed by atoms with Gasteiger partial charge in [-0.2, -0.15) is 0 Å². The normalized spacial score (nSPS) is 16.1. The van der Waals surface area contributed by atoms with Gasteiger partial charge in [-0.15, -0.1) is 0 Å². The number of ether oxygens (including phenoxy) is 2. The second kappa shape index (κ2) is 9.21. The van der Waals surface area contributed by atoms with Gasteiger partial charge in [0, 0.05) is 32.2 Å². The van der Waals surface area contributed by atoms with Crippen molar-refractivity contribution in [3.8, 4) is 5.75 Å². The average molecular weight is 388 g/mol. The molecule has 3 rings (SSSR count). The van der Waals surface area contributed by atoms with Gasteiger partial charge in [0.2, 0.25) is 0 Å². The highest BCUT2D eigenvalue weighted by atomic mass is 16.5. The van der Waals surface area contributed by atoms with E-state index in [-0.39, 0.29) is 11.5 Å². The maximum absolute atomic E-state index is 12.5. The third-order valence-electron chi connectivity index (χ3n) is 4.92. The van der Waals surface area contributed by atoms with Crippen LogP contribution in [0.1, 0.15) is 25.0 Å². The summed E-state index contributed by atoms with van der Waals surface area (Å²) in [5, 5.41) is 3.68. The highest BCUT2D eigenvalue weighted by Crippen LogP contribution is 2.30. The van der Waals surface area contributed by atoms with E-state index >= 15 is 0 Å². The molecule has 1 N–H and O–H groups in total. The number of nitrogens with one attached hydrogen (secondary N) is 1. The zero-order chi connectivity index (χ0) is 20.1. The molecule has 2 heterocycles. The van der Waals surface area contributed by atoms with Crippen LogP contribution in [0.5, 0.6) is 5.75 Å². The predicted molar refractivity (Wildman–Crippen MR) is 107 cm³/mol. The van der Waals surface area contributed by atoms with E-state index in [1.54, 1.807) is 6.92 Å². The number of morpholine rings is 1. The summed E-state index contributed by atoms with van der Waals surface area (Å²) in [6.45, 7) is 10.2. The van der Waals surface area contributed by atoms with Crippen LogP contribution in [0, 0.1) is 6.92 Å². The van der Waals surface area contributed by atoms with E-state index in [2.05, 4.69) is 10.2 Å². The monoisotopic (exact) mass is 388 g/mol. The Morgan fingerprint density at radius 1 is 1.29 bits per heavy atom. The fourth-order valence-corrected chi connectivity index (χ4v) is 3.39. The molecule has 7 nitrogen and oxygen atoms in total. The van der Waals surface area contributed by atoms with Crippen LogP contribution in [0.4, 0.5) is 0 Å². The molecule has 152 valence electrons. The Morgan fingerprint density at radius 2 is 2.04 bits per heavy atom. The quantitative estimate of drug-likeness (QED) is 0.730. The van der Waals surface area contributed by atoms with Crippen molar-refractivity contribution >= 4 is 16.9 Å². The topological polar surface area (TPSA) is 81.0 Å². The first kappa shape index (κ1) is 20.4. The van der Waals surface area contributed by atoms with Crippen molar-refractivity contribution in [1.82, 2.24) is 10.2 Å². The molecular weight excluding hydrogens is 360 g/mol. The first-order chi connectivity index (χ1) is 13.5. The minimum Gasteiger partial charge on any atom is -0.480 e. The summed E-state index contributed by atoms with van der Waals surface area (Å²) in [7, 11) is 0. The van der Waals surface area contributed by atoms with Crippen molar-refractivity contribution in [2.75, 3.05) is 39.4 Å². The van der Waals surface area contributed by atoms with Gasteiger partial charge in [0.05, 0.1) is 18.6 Å². The van der Waals surface area contributed by atoms with Crippen molar-refractivity contribution in [3.05, 3.63) is 39.7 Å². The fourth-order valence-electron chi connectivity index (χ4n) is 3.39. The van der Waals surface area contributed by atoms with Gasteiger partial charge in [0.1, 0.15) is 11.3 Å². The van der Waals surface area contributed by atoms with Crippen molar-refractivity contribution in [2.45, 2.75) is 33.3 Å². The lowest BCUT2D eigenvalue weighted by Gasteiger charge is -2.26. The molecule has 1 aromatic carbocycles. The first-order valence-electron chi connectivity index (χ1n) is 9.79. The van der Waals surface area contributed by atoms with E-state index in [9.17, 15) is 9.59 Å². The lowest BCUT2D eigenvalue weighted by molar-refractivity contribution is -0.127. The van der Waals surface area contributed by atoms with Crippen molar-refractivity contribution in [1.29, 1.82) is 0 Å². The van der Waals surface area contributed by atoms with Crippen molar-refractivity contribution < 1.29 is 18.7 Å². The molecule has 1 amide bonds. The molecule has 0 bridgehead atoms. The van der Waals surface area contributed by atoms with Crippen LogP contribution in [-0.4, -0.2) is 56.3 Å². The molecule has 28 heavy (non-hydrogen) atoms. The molecule has 1 aliphatic rings. The van der Waals surface area contributed by atoms with Crippen LogP contribution in [0.3, 0.4) is 0 Å². The number of carbonyl (C=O) groups is 1. The van der Waals surface area contributed by atoms with Gasteiger partial charge in [-0.05, 0) is 43.5 Å². The Hall–Kier alpha value is -2.38. The molecule has 1 aliphatic heterocycles. The Morgan fingerprint density at radius 3 is 2.75 bits per heavy atom. The maximum Gasteiger partial charge on any atom is 0.336 e. The molecule has 2 aromatic rings. The largest absolute Gasteiger partial charge is 0.480 e. The Kier molecular flexibility index (Phi) is 6.70. The van der Waals surface area contributed by atoms with E-state index in [1.807, 2.05) is 26.0 Å². The number of benzene rings is 1. The zero-order valence-corrected chi connectivity index (χ0v) is 16.7. The number of carbonyl (C=O) groups excluding carboxylic acids is 1. The van der Waals surface area contributed by atoms with Crippen LogP contribution in [0.2, 0.25) is 0 Å². The van der Waals surface area contributed by atoms with Crippen molar-refractivity contribution in [3.63, 3.8) is 0 Å². The van der Waals surface area contributed by atoms with Crippen LogP contribution in [0.25, 0.3) is 11.0 Å². The molecule has 1 aromatic heterocycles. The third-order valence-corrected chi connectivity index (χ3v) is 4.92. The number of rotatable bonds is 7. The van der Waals surface area contributed by atoms with E-state index in [0.29, 0.717) is 24.3 Å². The van der Waals surface area contributed by atoms with Crippen LogP contribution in [0.15, 0.2) is 27.4 Å². The zero-order valence-electron chi connectivity index (χ0n) is 16.7. The summed E-state index contributed by atoms with van der Waals surface area (Å²) >= 11 is 0. The number of aryl methyl sites for hydroxylation is 2. The van der Waals surface area contributed by atoms with Gasteiger partial charge >= 0.3 is 5.63 Å². The second-order valence-corrected chi connectivity index (χ2v) is 7.09. The van der Waals surface area contributed by atoms with E-state index in [4.69, 9.17) is 13.9 Å². The van der Waals surface area contributed by atoms with Gasteiger partial charge < -0.3 is 19.2 Å². The van der Waals surface area contributed by atoms with Gasteiger partial charge in [-0.25, -0.2) is 4.79 Å². The number of hydrogen-bond donors (Lipinski definition) is 1. The lowest BCUT2D eigenvalue weighted by atomic mass is 10.0.